The van der Waals surface area contributed by atoms with Gasteiger partial charge >= 0.3 is 6.18 Å². The van der Waals surface area contributed by atoms with Gasteiger partial charge in [0.25, 0.3) is 0 Å². The molecule has 1 aromatic carbocycles. The second-order valence-corrected chi connectivity index (χ2v) is 4.58. The van der Waals surface area contributed by atoms with Crippen molar-refractivity contribution < 1.29 is 21.9 Å². The first kappa shape index (κ1) is 14.5. The van der Waals surface area contributed by atoms with Gasteiger partial charge in [-0.2, -0.15) is 13.2 Å². The lowest BCUT2D eigenvalue weighted by Gasteiger charge is -2.13. The molecule has 1 unspecified atom stereocenters. The molecule has 1 rings (SSSR count). The second kappa shape index (κ2) is 5.39. The van der Waals surface area contributed by atoms with Gasteiger partial charge in [0.2, 0.25) is 0 Å². The van der Waals surface area contributed by atoms with Gasteiger partial charge in [0.15, 0.2) is 0 Å². The molecular weight excluding hydrogens is 300 g/mol. The summed E-state index contributed by atoms with van der Waals surface area (Å²) in [5, 5.41) is 0.0424. The van der Waals surface area contributed by atoms with E-state index in [2.05, 4.69) is 0 Å². The molecule has 0 aliphatic heterocycles. The Morgan fingerprint density at radius 3 is 2.06 bits per heavy atom. The highest BCUT2D eigenvalue weighted by molar-refractivity contribution is 7.82. The monoisotopic (exact) mass is 303 g/mol. The Balaban J connectivity index is 3.38. The van der Waals surface area contributed by atoms with E-state index < -0.39 is 28.4 Å². The number of hydrogen-bond acceptors (Lipinski definition) is 2. The van der Waals surface area contributed by atoms with Gasteiger partial charge in [-0.25, -0.2) is 0 Å². The van der Waals surface area contributed by atoms with E-state index in [1.54, 1.807) is 0 Å². The molecule has 0 radical (unpaired) electrons. The van der Waals surface area contributed by atoms with Gasteiger partial charge in [0, 0.05) is 15.5 Å². The maximum absolute atomic E-state index is 12.6. The summed E-state index contributed by atoms with van der Waals surface area (Å²) in [6.45, 7) is 0. The lowest BCUT2D eigenvalue weighted by molar-refractivity contribution is -0.0688. The van der Waals surface area contributed by atoms with Crippen LogP contribution in [-0.4, -0.2) is 14.9 Å². The van der Waals surface area contributed by atoms with Crippen molar-refractivity contribution in [1.29, 1.82) is 0 Å². The lowest BCUT2D eigenvalue weighted by atomic mass is 10.1. The first-order valence-corrected chi connectivity index (χ1v) is 5.93. The van der Waals surface area contributed by atoms with Crippen molar-refractivity contribution >= 4 is 39.9 Å². The van der Waals surface area contributed by atoms with Gasteiger partial charge in [-0.1, -0.05) is 23.2 Å². The van der Waals surface area contributed by atoms with Crippen LogP contribution in [0.5, 0.6) is 0 Å². The van der Waals surface area contributed by atoms with Crippen LogP contribution in [0.25, 0.3) is 5.57 Å². The number of alkyl halides is 3. The molecule has 0 aromatic heterocycles. The Morgan fingerprint density at radius 1 is 1.24 bits per heavy atom. The minimum absolute atomic E-state index is 0.0145. The minimum Gasteiger partial charge on any atom is -0.769 e. The number of hydrogen-bond donors (Lipinski definition) is 0. The van der Waals surface area contributed by atoms with Gasteiger partial charge in [-0.3, -0.25) is 4.21 Å². The Kier molecular flexibility index (Phi) is 4.60. The third-order valence-corrected chi connectivity index (χ3v) is 2.56. The molecule has 1 aromatic rings. The molecule has 0 N–H and O–H groups in total. The Bertz CT molecular complexity index is 465. The number of halogens is 5. The fraction of sp³-hybridized carbons (Fsp3) is 0.111. The SMILES string of the molecule is O=S([O-])C=C(c1cc(Cl)cc(Cl)c1)C(F)(F)F. The van der Waals surface area contributed by atoms with E-state index in [1.165, 1.54) is 6.07 Å². The number of benzene rings is 1. The Morgan fingerprint density at radius 2 is 1.71 bits per heavy atom. The molecule has 0 saturated heterocycles. The first-order valence-electron chi connectivity index (χ1n) is 4.03. The van der Waals surface area contributed by atoms with Crippen LogP contribution in [-0.2, 0) is 11.1 Å². The molecule has 0 saturated carbocycles. The highest BCUT2D eigenvalue weighted by Gasteiger charge is 2.35. The third-order valence-electron chi connectivity index (χ3n) is 1.69. The molecule has 1 atom stereocenters. The van der Waals surface area contributed by atoms with Crippen LogP contribution >= 0.6 is 23.2 Å². The highest BCUT2D eigenvalue weighted by Crippen LogP contribution is 2.36. The average Bonchev–Trinajstić information content (AvgIpc) is 2.10. The van der Waals surface area contributed by atoms with E-state index in [-0.39, 0.29) is 15.5 Å². The molecule has 0 amide bonds. The highest BCUT2D eigenvalue weighted by atomic mass is 35.5. The zero-order valence-corrected chi connectivity index (χ0v) is 10.3. The summed E-state index contributed by atoms with van der Waals surface area (Å²) in [6.07, 6.45) is -4.81. The van der Waals surface area contributed by atoms with E-state index in [1.807, 2.05) is 0 Å². The average molecular weight is 304 g/mol. The van der Waals surface area contributed by atoms with Gasteiger partial charge in [-0.05, 0) is 34.8 Å². The maximum atomic E-state index is 12.6. The zero-order valence-electron chi connectivity index (χ0n) is 7.92. The largest absolute Gasteiger partial charge is 0.769 e. The van der Waals surface area contributed by atoms with Crippen LogP contribution in [0.3, 0.4) is 0 Å². The minimum atomic E-state index is -4.81. The molecule has 8 heteroatoms. The van der Waals surface area contributed by atoms with Crippen molar-refractivity contribution in [3.05, 3.63) is 39.2 Å². The van der Waals surface area contributed by atoms with Crippen molar-refractivity contribution in [3.63, 3.8) is 0 Å². The molecule has 0 spiro atoms. The van der Waals surface area contributed by atoms with Crippen LogP contribution in [0.4, 0.5) is 13.2 Å². The van der Waals surface area contributed by atoms with E-state index in [4.69, 9.17) is 23.2 Å². The molecule has 94 valence electrons. The van der Waals surface area contributed by atoms with Crippen LogP contribution in [0, 0.1) is 0 Å². The van der Waals surface area contributed by atoms with E-state index in [9.17, 15) is 21.9 Å². The van der Waals surface area contributed by atoms with Crippen LogP contribution < -0.4 is 0 Å². The quantitative estimate of drug-likeness (QED) is 0.780. The maximum Gasteiger partial charge on any atom is 0.417 e. The van der Waals surface area contributed by atoms with E-state index in [0.29, 0.717) is 0 Å². The Labute approximate surface area is 107 Å². The predicted octanol–water partition coefficient (Wildman–Crippen LogP) is 3.78. The molecule has 17 heavy (non-hydrogen) atoms. The van der Waals surface area contributed by atoms with Gasteiger partial charge < -0.3 is 4.55 Å². The van der Waals surface area contributed by atoms with E-state index in [0.717, 1.165) is 12.1 Å². The lowest BCUT2D eigenvalue weighted by Crippen LogP contribution is -2.11. The number of rotatable bonds is 2. The van der Waals surface area contributed by atoms with Crippen LogP contribution in [0.15, 0.2) is 23.6 Å². The summed E-state index contributed by atoms with van der Waals surface area (Å²) in [6, 6.07) is 3.22. The van der Waals surface area contributed by atoms with Gasteiger partial charge in [0.1, 0.15) is 0 Å². The summed E-state index contributed by atoms with van der Waals surface area (Å²) < 4.78 is 58.5. The molecule has 0 heterocycles. The molecule has 0 fully saturated rings. The predicted molar refractivity (Wildman–Crippen MR) is 59.4 cm³/mol. The standard InChI is InChI=1S/C9H5Cl2F3O2S/c10-6-1-5(2-7(11)3-6)8(4-17(15)16)9(12,13)14/h1-4H,(H,15,16)/p-1. The van der Waals surface area contributed by atoms with Crippen molar-refractivity contribution in [2.75, 3.05) is 0 Å². The Hall–Kier alpha value is -0.560. The number of allylic oxidation sites excluding steroid dienone is 1. The summed E-state index contributed by atoms with van der Waals surface area (Å²) in [5.41, 5.74) is -1.73. The first-order chi connectivity index (χ1) is 7.70. The normalized spacial score (nSPS) is 14.8. The van der Waals surface area contributed by atoms with Crippen molar-refractivity contribution in [2.24, 2.45) is 0 Å². The summed E-state index contributed by atoms with van der Waals surface area (Å²) >= 11 is 8.12. The summed E-state index contributed by atoms with van der Waals surface area (Å²) in [7, 11) is 0. The molecule has 0 aliphatic carbocycles. The topological polar surface area (TPSA) is 40.1 Å². The van der Waals surface area contributed by atoms with Crippen molar-refractivity contribution in [2.45, 2.75) is 6.18 Å². The smallest absolute Gasteiger partial charge is 0.417 e. The molecule has 2 nitrogen and oxygen atoms in total. The fourth-order valence-electron chi connectivity index (χ4n) is 1.10. The molecular formula is C9H4Cl2F3O2S-. The van der Waals surface area contributed by atoms with E-state index >= 15 is 0 Å². The van der Waals surface area contributed by atoms with Gasteiger partial charge in [0.05, 0.1) is 5.57 Å². The zero-order chi connectivity index (χ0) is 13.2. The molecule has 0 bridgehead atoms. The van der Waals surface area contributed by atoms with Crippen molar-refractivity contribution in [1.82, 2.24) is 0 Å². The third kappa shape index (κ3) is 4.31. The van der Waals surface area contributed by atoms with Crippen LogP contribution in [0.1, 0.15) is 5.56 Å². The fourth-order valence-corrected chi connectivity index (χ4v) is 2.09. The second-order valence-electron chi connectivity index (χ2n) is 2.95. The van der Waals surface area contributed by atoms with Gasteiger partial charge in [-0.15, -0.1) is 0 Å². The summed E-state index contributed by atoms with van der Waals surface area (Å²) in [5.74, 6) is 0. The molecule has 0 aliphatic rings. The summed E-state index contributed by atoms with van der Waals surface area (Å²) in [4.78, 5) is 0. The van der Waals surface area contributed by atoms with Crippen molar-refractivity contribution in [3.8, 4) is 0 Å². The van der Waals surface area contributed by atoms with Crippen LogP contribution in [0.2, 0.25) is 10.0 Å².